The van der Waals surface area contributed by atoms with Gasteiger partial charge in [0.1, 0.15) is 0 Å². The Kier molecular flexibility index (Phi) is 7.20. The van der Waals surface area contributed by atoms with E-state index in [0.29, 0.717) is 18.0 Å². The second-order valence-corrected chi connectivity index (χ2v) is 5.96. The average Bonchev–Trinajstić information content (AvgIpc) is 2.36. The predicted octanol–water partition coefficient (Wildman–Crippen LogP) is 2.37. The molecule has 0 aromatic carbocycles. The van der Waals surface area contributed by atoms with E-state index in [1.54, 1.807) is 0 Å². The Labute approximate surface area is 113 Å². The number of rotatable bonds is 7. The van der Waals surface area contributed by atoms with Gasteiger partial charge in [0.05, 0.1) is 6.61 Å². The highest BCUT2D eigenvalue weighted by atomic mass is 16.5. The number of hydrogen-bond acceptors (Lipinski definition) is 3. The van der Waals surface area contributed by atoms with Gasteiger partial charge in [-0.15, -0.1) is 0 Å². The summed E-state index contributed by atoms with van der Waals surface area (Å²) >= 11 is 0. The van der Waals surface area contributed by atoms with Crippen molar-refractivity contribution in [2.45, 2.75) is 52.1 Å². The SMILES string of the molecule is CCC(CC)C(CNC1CCOCC1C)N(C)C. The Hall–Kier alpha value is -0.120. The Morgan fingerprint density at radius 3 is 2.44 bits per heavy atom. The van der Waals surface area contributed by atoms with Gasteiger partial charge in [0.15, 0.2) is 0 Å². The second kappa shape index (κ2) is 8.13. The highest BCUT2D eigenvalue weighted by molar-refractivity contribution is 4.82. The lowest BCUT2D eigenvalue weighted by Gasteiger charge is -2.35. The first-order valence-electron chi connectivity index (χ1n) is 7.57. The first-order valence-corrected chi connectivity index (χ1v) is 7.57. The summed E-state index contributed by atoms with van der Waals surface area (Å²) in [6.07, 6.45) is 3.69. The maximum atomic E-state index is 5.51. The van der Waals surface area contributed by atoms with Crippen LogP contribution in [0.5, 0.6) is 0 Å². The summed E-state index contributed by atoms with van der Waals surface area (Å²) in [7, 11) is 4.41. The monoisotopic (exact) mass is 256 g/mol. The zero-order valence-corrected chi connectivity index (χ0v) is 12.9. The molecule has 3 unspecified atom stereocenters. The van der Waals surface area contributed by atoms with Crippen LogP contribution in [0.3, 0.4) is 0 Å². The molecule has 0 saturated carbocycles. The molecule has 1 aliphatic heterocycles. The molecule has 0 amide bonds. The molecule has 1 rings (SSSR count). The third-order valence-corrected chi connectivity index (χ3v) is 4.49. The quantitative estimate of drug-likeness (QED) is 0.757. The topological polar surface area (TPSA) is 24.5 Å². The third-order valence-electron chi connectivity index (χ3n) is 4.49. The van der Waals surface area contributed by atoms with Gasteiger partial charge in [-0.25, -0.2) is 0 Å². The molecule has 0 aliphatic carbocycles. The van der Waals surface area contributed by atoms with Crippen molar-refractivity contribution in [3.8, 4) is 0 Å². The van der Waals surface area contributed by atoms with Crippen molar-refractivity contribution in [2.75, 3.05) is 33.9 Å². The summed E-state index contributed by atoms with van der Waals surface area (Å²) in [5.41, 5.74) is 0. The van der Waals surface area contributed by atoms with Gasteiger partial charge in [0, 0.05) is 25.2 Å². The van der Waals surface area contributed by atoms with Crippen LogP contribution in [0.1, 0.15) is 40.0 Å². The summed E-state index contributed by atoms with van der Waals surface area (Å²) in [6.45, 7) is 9.84. The van der Waals surface area contributed by atoms with Gasteiger partial charge in [-0.1, -0.05) is 33.6 Å². The van der Waals surface area contributed by atoms with Gasteiger partial charge < -0.3 is 15.0 Å². The molecule has 0 spiro atoms. The highest BCUT2D eigenvalue weighted by Crippen LogP contribution is 2.18. The predicted molar refractivity (Wildman–Crippen MR) is 77.9 cm³/mol. The Balaban J connectivity index is 2.45. The lowest BCUT2D eigenvalue weighted by Crippen LogP contribution is -2.49. The van der Waals surface area contributed by atoms with Crippen molar-refractivity contribution in [1.82, 2.24) is 10.2 Å². The molecule has 18 heavy (non-hydrogen) atoms. The fourth-order valence-corrected chi connectivity index (χ4v) is 3.06. The van der Waals surface area contributed by atoms with Crippen LogP contribution in [0.15, 0.2) is 0 Å². The molecule has 3 atom stereocenters. The van der Waals surface area contributed by atoms with E-state index in [-0.39, 0.29) is 0 Å². The molecule has 1 N–H and O–H groups in total. The van der Waals surface area contributed by atoms with E-state index in [1.807, 2.05) is 0 Å². The van der Waals surface area contributed by atoms with Gasteiger partial charge in [-0.2, -0.15) is 0 Å². The smallest absolute Gasteiger partial charge is 0.0506 e. The molecule has 3 heteroatoms. The number of hydrogen-bond donors (Lipinski definition) is 1. The number of likely N-dealkylation sites (N-methyl/N-ethyl adjacent to an activating group) is 1. The van der Waals surface area contributed by atoms with Crippen LogP contribution in [-0.4, -0.2) is 50.8 Å². The van der Waals surface area contributed by atoms with Crippen molar-refractivity contribution in [3.05, 3.63) is 0 Å². The molecule has 3 nitrogen and oxygen atoms in total. The van der Waals surface area contributed by atoms with Crippen molar-refractivity contribution in [3.63, 3.8) is 0 Å². The molecule has 1 fully saturated rings. The van der Waals surface area contributed by atoms with Gasteiger partial charge in [0.25, 0.3) is 0 Å². The molecule has 1 aliphatic rings. The van der Waals surface area contributed by atoms with Crippen molar-refractivity contribution >= 4 is 0 Å². The minimum Gasteiger partial charge on any atom is -0.381 e. The van der Waals surface area contributed by atoms with E-state index in [9.17, 15) is 0 Å². The summed E-state index contributed by atoms with van der Waals surface area (Å²) in [5, 5.41) is 3.78. The van der Waals surface area contributed by atoms with Crippen LogP contribution in [-0.2, 0) is 4.74 Å². The average molecular weight is 256 g/mol. The first-order chi connectivity index (χ1) is 8.60. The summed E-state index contributed by atoms with van der Waals surface area (Å²) in [6, 6.07) is 1.28. The third kappa shape index (κ3) is 4.52. The number of nitrogens with one attached hydrogen (secondary N) is 1. The Bertz CT molecular complexity index is 217. The minimum absolute atomic E-state index is 0.635. The van der Waals surface area contributed by atoms with E-state index >= 15 is 0 Å². The zero-order valence-electron chi connectivity index (χ0n) is 12.9. The van der Waals surface area contributed by atoms with Crippen LogP contribution < -0.4 is 5.32 Å². The zero-order chi connectivity index (χ0) is 13.5. The molecule has 1 saturated heterocycles. The molecule has 0 bridgehead atoms. The normalized spacial score (nSPS) is 26.8. The Morgan fingerprint density at radius 1 is 1.28 bits per heavy atom. The van der Waals surface area contributed by atoms with Crippen molar-refractivity contribution in [1.29, 1.82) is 0 Å². The van der Waals surface area contributed by atoms with Crippen molar-refractivity contribution in [2.24, 2.45) is 11.8 Å². The molecule has 0 aromatic rings. The molecular formula is C15H32N2O. The maximum Gasteiger partial charge on any atom is 0.0506 e. The van der Waals surface area contributed by atoms with Crippen LogP contribution in [0.2, 0.25) is 0 Å². The van der Waals surface area contributed by atoms with Gasteiger partial charge in [0.2, 0.25) is 0 Å². The van der Waals surface area contributed by atoms with Crippen molar-refractivity contribution < 1.29 is 4.74 Å². The fraction of sp³-hybridized carbons (Fsp3) is 1.00. The lowest BCUT2D eigenvalue weighted by molar-refractivity contribution is 0.0360. The summed E-state index contributed by atoms with van der Waals surface area (Å²) in [5.74, 6) is 1.44. The van der Waals surface area contributed by atoms with Crippen LogP contribution in [0, 0.1) is 11.8 Å². The van der Waals surface area contributed by atoms with Crippen LogP contribution >= 0.6 is 0 Å². The molecule has 0 aromatic heterocycles. The van der Waals surface area contributed by atoms with E-state index in [0.717, 1.165) is 32.1 Å². The number of ether oxygens (including phenoxy) is 1. The Morgan fingerprint density at radius 2 is 1.94 bits per heavy atom. The van der Waals surface area contributed by atoms with Gasteiger partial charge >= 0.3 is 0 Å². The van der Waals surface area contributed by atoms with E-state index < -0.39 is 0 Å². The van der Waals surface area contributed by atoms with Gasteiger partial charge in [-0.05, 0) is 32.4 Å². The van der Waals surface area contributed by atoms with E-state index in [2.05, 4.69) is 45.1 Å². The minimum atomic E-state index is 0.635. The molecular weight excluding hydrogens is 224 g/mol. The van der Waals surface area contributed by atoms with Gasteiger partial charge in [-0.3, -0.25) is 0 Å². The second-order valence-electron chi connectivity index (χ2n) is 5.96. The number of nitrogens with zero attached hydrogens (tertiary/aromatic N) is 1. The standard InChI is InChI=1S/C15H32N2O/c1-6-13(7-2)15(17(4)5)10-16-14-8-9-18-11-12(14)3/h12-16H,6-11H2,1-5H3. The summed E-state index contributed by atoms with van der Waals surface area (Å²) < 4.78 is 5.51. The summed E-state index contributed by atoms with van der Waals surface area (Å²) in [4.78, 5) is 2.38. The largest absolute Gasteiger partial charge is 0.381 e. The lowest BCUT2D eigenvalue weighted by atomic mass is 9.92. The fourth-order valence-electron chi connectivity index (χ4n) is 3.06. The maximum absolute atomic E-state index is 5.51. The molecule has 0 radical (unpaired) electrons. The van der Waals surface area contributed by atoms with Crippen LogP contribution in [0.4, 0.5) is 0 Å². The van der Waals surface area contributed by atoms with E-state index in [4.69, 9.17) is 4.74 Å². The van der Waals surface area contributed by atoms with Crippen LogP contribution in [0.25, 0.3) is 0 Å². The van der Waals surface area contributed by atoms with E-state index in [1.165, 1.54) is 12.8 Å². The first kappa shape index (κ1) is 15.9. The highest BCUT2D eigenvalue weighted by Gasteiger charge is 2.25. The molecule has 108 valence electrons. The molecule has 1 heterocycles.